The van der Waals surface area contributed by atoms with E-state index in [-0.39, 0.29) is 4.90 Å². The zero-order chi connectivity index (χ0) is 16.3. The topological polar surface area (TPSA) is 64.6 Å². The number of anilines is 1. The van der Waals surface area contributed by atoms with E-state index < -0.39 is 10.0 Å². The molecule has 0 amide bonds. The predicted octanol–water partition coefficient (Wildman–Crippen LogP) is 3.12. The standard InChI is InChI=1S/C16H19NO4S/c1-11-12(2)16(10-9-15(11)21-4)22(18,19)17-13-5-7-14(20-3)8-6-13/h5-10,17H,1-4H3. The van der Waals surface area contributed by atoms with Gasteiger partial charge in [-0.15, -0.1) is 0 Å². The van der Waals surface area contributed by atoms with Gasteiger partial charge >= 0.3 is 0 Å². The highest BCUT2D eigenvalue weighted by Gasteiger charge is 2.19. The van der Waals surface area contributed by atoms with Crippen LogP contribution in [0.1, 0.15) is 11.1 Å². The van der Waals surface area contributed by atoms with Gasteiger partial charge in [0.15, 0.2) is 0 Å². The van der Waals surface area contributed by atoms with Crippen LogP contribution in [0.25, 0.3) is 0 Å². The Morgan fingerprint density at radius 1 is 0.864 bits per heavy atom. The fraction of sp³-hybridized carbons (Fsp3) is 0.250. The summed E-state index contributed by atoms with van der Waals surface area (Å²) in [5, 5.41) is 0. The SMILES string of the molecule is COc1ccc(NS(=O)(=O)c2ccc(OC)c(C)c2C)cc1. The first-order chi connectivity index (χ1) is 10.4. The Bertz CT molecular complexity index is 767. The van der Waals surface area contributed by atoms with Gasteiger partial charge in [-0.05, 0) is 61.4 Å². The predicted molar refractivity (Wildman–Crippen MR) is 86.3 cm³/mol. The van der Waals surface area contributed by atoms with E-state index in [4.69, 9.17) is 9.47 Å². The average molecular weight is 321 g/mol. The summed E-state index contributed by atoms with van der Waals surface area (Å²) in [7, 11) is -0.538. The molecule has 0 aliphatic rings. The first-order valence-electron chi connectivity index (χ1n) is 6.70. The third-order valence-electron chi connectivity index (χ3n) is 3.54. The molecular weight excluding hydrogens is 302 g/mol. The van der Waals surface area contributed by atoms with E-state index in [0.717, 1.165) is 5.56 Å². The Morgan fingerprint density at radius 3 is 2.05 bits per heavy atom. The Morgan fingerprint density at radius 2 is 1.50 bits per heavy atom. The molecule has 0 spiro atoms. The van der Waals surface area contributed by atoms with Gasteiger partial charge < -0.3 is 9.47 Å². The lowest BCUT2D eigenvalue weighted by Gasteiger charge is -2.14. The Balaban J connectivity index is 2.36. The molecule has 0 radical (unpaired) electrons. The lowest BCUT2D eigenvalue weighted by atomic mass is 10.1. The van der Waals surface area contributed by atoms with Crippen molar-refractivity contribution in [2.75, 3.05) is 18.9 Å². The van der Waals surface area contributed by atoms with E-state index in [1.165, 1.54) is 0 Å². The van der Waals surface area contributed by atoms with E-state index in [9.17, 15) is 8.42 Å². The minimum atomic E-state index is -3.66. The maximum atomic E-state index is 12.5. The second-order valence-electron chi connectivity index (χ2n) is 4.85. The van der Waals surface area contributed by atoms with Crippen LogP contribution in [0.15, 0.2) is 41.3 Å². The van der Waals surface area contributed by atoms with E-state index in [2.05, 4.69) is 4.72 Å². The summed E-state index contributed by atoms with van der Waals surface area (Å²) < 4.78 is 37.9. The molecule has 0 heterocycles. The first kappa shape index (κ1) is 16.2. The molecule has 2 aromatic carbocycles. The second kappa shape index (κ2) is 6.27. The van der Waals surface area contributed by atoms with Crippen LogP contribution in [0.3, 0.4) is 0 Å². The Hall–Kier alpha value is -2.21. The van der Waals surface area contributed by atoms with Crippen LogP contribution < -0.4 is 14.2 Å². The zero-order valence-electron chi connectivity index (χ0n) is 13.0. The molecule has 0 aromatic heterocycles. The molecule has 0 atom stereocenters. The van der Waals surface area contributed by atoms with Gasteiger partial charge in [0.1, 0.15) is 11.5 Å². The Labute approximate surface area is 130 Å². The van der Waals surface area contributed by atoms with Crippen molar-refractivity contribution in [3.8, 4) is 11.5 Å². The third kappa shape index (κ3) is 3.17. The van der Waals surface area contributed by atoms with Crippen LogP contribution in [0, 0.1) is 13.8 Å². The summed E-state index contributed by atoms with van der Waals surface area (Å²) in [6, 6.07) is 9.91. The van der Waals surface area contributed by atoms with Crippen molar-refractivity contribution >= 4 is 15.7 Å². The van der Waals surface area contributed by atoms with Gasteiger partial charge in [-0.2, -0.15) is 0 Å². The van der Waals surface area contributed by atoms with Crippen LogP contribution >= 0.6 is 0 Å². The molecule has 0 fully saturated rings. The monoisotopic (exact) mass is 321 g/mol. The number of benzene rings is 2. The van der Waals surface area contributed by atoms with E-state index >= 15 is 0 Å². The molecule has 0 aliphatic heterocycles. The lowest BCUT2D eigenvalue weighted by molar-refractivity contribution is 0.410. The van der Waals surface area contributed by atoms with E-state index in [1.807, 2.05) is 6.92 Å². The molecule has 0 aliphatic carbocycles. The van der Waals surface area contributed by atoms with Gasteiger partial charge in [-0.3, -0.25) is 4.72 Å². The van der Waals surface area contributed by atoms with E-state index in [1.54, 1.807) is 57.5 Å². The number of ether oxygens (including phenoxy) is 2. The molecular formula is C16H19NO4S. The fourth-order valence-electron chi connectivity index (χ4n) is 2.15. The normalized spacial score (nSPS) is 11.1. The average Bonchev–Trinajstić information content (AvgIpc) is 2.50. The van der Waals surface area contributed by atoms with Crippen LogP contribution in [0.5, 0.6) is 11.5 Å². The number of hydrogen-bond donors (Lipinski definition) is 1. The highest BCUT2D eigenvalue weighted by atomic mass is 32.2. The number of methoxy groups -OCH3 is 2. The van der Waals surface area contributed by atoms with Crippen molar-refractivity contribution in [3.05, 3.63) is 47.5 Å². The summed E-state index contributed by atoms with van der Waals surface area (Å²) >= 11 is 0. The van der Waals surface area contributed by atoms with Gasteiger partial charge in [0, 0.05) is 5.69 Å². The molecule has 6 heteroatoms. The van der Waals surface area contributed by atoms with Gasteiger partial charge in [0.05, 0.1) is 19.1 Å². The van der Waals surface area contributed by atoms with Gasteiger partial charge in [0.25, 0.3) is 10.0 Å². The summed E-state index contributed by atoms with van der Waals surface area (Å²) in [6.07, 6.45) is 0. The molecule has 0 unspecified atom stereocenters. The van der Waals surface area contributed by atoms with Crippen molar-refractivity contribution in [1.82, 2.24) is 0 Å². The molecule has 1 N–H and O–H groups in total. The highest BCUT2D eigenvalue weighted by Crippen LogP contribution is 2.28. The molecule has 2 rings (SSSR count). The summed E-state index contributed by atoms with van der Waals surface area (Å²) in [6.45, 7) is 3.60. The quantitative estimate of drug-likeness (QED) is 0.919. The largest absolute Gasteiger partial charge is 0.497 e. The minimum absolute atomic E-state index is 0.238. The summed E-state index contributed by atoms with van der Waals surface area (Å²) in [5.41, 5.74) is 1.95. The Kier molecular flexibility index (Phi) is 4.61. The van der Waals surface area contributed by atoms with Crippen LogP contribution in [-0.4, -0.2) is 22.6 Å². The highest BCUT2D eigenvalue weighted by molar-refractivity contribution is 7.92. The summed E-state index contributed by atoms with van der Waals surface area (Å²) in [5.74, 6) is 1.33. The number of sulfonamides is 1. The molecule has 22 heavy (non-hydrogen) atoms. The zero-order valence-corrected chi connectivity index (χ0v) is 13.8. The molecule has 0 bridgehead atoms. The van der Waals surface area contributed by atoms with Crippen LogP contribution in [-0.2, 0) is 10.0 Å². The van der Waals surface area contributed by atoms with Gasteiger partial charge in [0.2, 0.25) is 0 Å². The van der Waals surface area contributed by atoms with Crippen molar-refractivity contribution in [2.24, 2.45) is 0 Å². The second-order valence-corrected chi connectivity index (χ2v) is 6.50. The number of hydrogen-bond acceptors (Lipinski definition) is 4. The van der Waals surface area contributed by atoms with E-state index in [0.29, 0.717) is 22.7 Å². The maximum Gasteiger partial charge on any atom is 0.262 e. The van der Waals surface area contributed by atoms with Crippen molar-refractivity contribution in [3.63, 3.8) is 0 Å². The van der Waals surface area contributed by atoms with Crippen molar-refractivity contribution < 1.29 is 17.9 Å². The summed E-state index contributed by atoms with van der Waals surface area (Å²) in [4.78, 5) is 0.238. The molecule has 0 saturated heterocycles. The third-order valence-corrected chi connectivity index (χ3v) is 5.07. The van der Waals surface area contributed by atoms with Crippen molar-refractivity contribution in [1.29, 1.82) is 0 Å². The van der Waals surface area contributed by atoms with Gasteiger partial charge in [-0.25, -0.2) is 8.42 Å². The molecule has 2 aromatic rings. The lowest BCUT2D eigenvalue weighted by Crippen LogP contribution is -2.15. The number of nitrogens with one attached hydrogen (secondary N) is 1. The molecule has 0 saturated carbocycles. The van der Waals surface area contributed by atoms with Crippen LogP contribution in [0.4, 0.5) is 5.69 Å². The number of rotatable bonds is 5. The van der Waals surface area contributed by atoms with Gasteiger partial charge in [-0.1, -0.05) is 0 Å². The fourth-order valence-corrected chi connectivity index (χ4v) is 3.51. The maximum absolute atomic E-state index is 12.5. The molecule has 118 valence electrons. The smallest absolute Gasteiger partial charge is 0.262 e. The van der Waals surface area contributed by atoms with Crippen molar-refractivity contribution in [2.45, 2.75) is 18.7 Å². The molecule has 5 nitrogen and oxygen atoms in total. The van der Waals surface area contributed by atoms with Crippen LogP contribution in [0.2, 0.25) is 0 Å². The minimum Gasteiger partial charge on any atom is -0.497 e. The first-order valence-corrected chi connectivity index (χ1v) is 8.18.